The van der Waals surface area contributed by atoms with Crippen LogP contribution in [0.2, 0.25) is 0 Å². The summed E-state index contributed by atoms with van der Waals surface area (Å²) in [5.41, 5.74) is 5.10. The van der Waals surface area contributed by atoms with Gasteiger partial charge in [0, 0.05) is 38.5 Å². The van der Waals surface area contributed by atoms with Crippen LogP contribution in [-0.2, 0) is 19.0 Å². The van der Waals surface area contributed by atoms with Gasteiger partial charge < -0.3 is 24.0 Å². The third-order valence-corrected chi connectivity index (χ3v) is 6.74. The molecule has 7 heteroatoms. The Hall–Kier alpha value is -3.16. The molecule has 0 radical (unpaired) electrons. The van der Waals surface area contributed by atoms with Crippen LogP contribution < -0.4 is 4.90 Å². The third kappa shape index (κ3) is 7.92. The van der Waals surface area contributed by atoms with Crippen LogP contribution in [0.1, 0.15) is 51.2 Å². The number of hydrogen-bond donors (Lipinski definition) is 0. The molecule has 2 heterocycles. The van der Waals surface area contributed by atoms with Crippen molar-refractivity contribution in [2.75, 3.05) is 44.3 Å². The Kier molecular flexibility index (Phi) is 9.23. The number of piperazine rings is 1. The number of carbonyl (C=O) groups is 2. The lowest BCUT2D eigenvalue weighted by Gasteiger charge is -2.36. The Morgan fingerprint density at radius 3 is 2.39 bits per heavy atom. The van der Waals surface area contributed by atoms with Crippen LogP contribution in [0.4, 0.5) is 10.5 Å². The highest BCUT2D eigenvalue weighted by Gasteiger charge is 2.26. The van der Waals surface area contributed by atoms with Crippen molar-refractivity contribution in [2.24, 2.45) is 0 Å². The molecule has 204 valence electrons. The number of hydrogen-bond acceptors (Lipinski definition) is 6. The number of rotatable bonds is 7. The molecule has 0 aliphatic carbocycles. The standard InChI is InChI=1S/C31H40N2O5/c1-23-21-24(8-14-27(34)22-37-29-7-5-6-20-36-29)9-15-28(23)25-10-12-26(13-11-25)32-16-18-33(19-17-32)30(35)38-31(2,3)4/h8-15,21,29H,5-7,16-20,22H2,1-4H3/b14-8+. The van der Waals surface area contributed by atoms with Crippen LogP contribution in [0.3, 0.4) is 0 Å². The van der Waals surface area contributed by atoms with Gasteiger partial charge in [-0.05, 0) is 87.4 Å². The van der Waals surface area contributed by atoms with E-state index in [4.69, 9.17) is 14.2 Å². The van der Waals surface area contributed by atoms with Crippen LogP contribution in [0.5, 0.6) is 0 Å². The SMILES string of the molecule is Cc1cc(/C=C/C(=O)COC2CCCCO2)ccc1-c1ccc(N2CCN(C(=O)OC(C)(C)C)CC2)cc1. The van der Waals surface area contributed by atoms with Gasteiger partial charge in [-0.25, -0.2) is 4.79 Å². The fraction of sp³-hybridized carbons (Fsp3) is 0.484. The molecular weight excluding hydrogens is 480 g/mol. The van der Waals surface area contributed by atoms with Crippen molar-refractivity contribution in [2.45, 2.75) is 58.8 Å². The van der Waals surface area contributed by atoms with E-state index in [1.807, 2.05) is 32.9 Å². The van der Waals surface area contributed by atoms with E-state index in [0.717, 1.165) is 60.3 Å². The van der Waals surface area contributed by atoms with Crippen molar-refractivity contribution < 1.29 is 23.8 Å². The van der Waals surface area contributed by atoms with E-state index < -0.39 is 5.60 Å². The Morgan fingerprint density at radius 1 is 1.03 bits per heavy atom. The molecule has 0 spiro atoms. The van der Waals surface area contributed by atoms with E-state index in [9.17, 15) is 9.59 Å². The van der Waals surface area contributed by atoms with E-state index >= 15 is 0 Å². The number of aryl methyl sites for hydroxylation is 1. The molecule has 2 aliphatic heterocycles. The summed E-state index contributed by atoms with van der Waals surface area (Å²) in [5.74, 6) is -0.0663. The maximum atomic E-state index is 12.3. The maximum absolute atomic E-state index is 12.3. The summed E-state index contributed by atoms with van der Waals surface area (Å²) in [5, 5.41) is 0. The van der Waals surface area contributed by atoms with Gasteiger partial charge in [0.1, 0.15) is 12.2 Å². The van der Waals surface area contributed by atoms with Crippen LogP contribution in [0, 0.1) is 6.92 Å². The first-order valence-corrected chi connectivity index (χ1v) is 13.6. The van der Waals surface area contributed by atoms with Gasteiger partial charge in [0.2, 0.25) is 0 Å². The van der Waals surface area contributed by atoms with E-state index in [0.29, 0.717) is 19.7 Å². The lowest BCUT2D eigenvalue weighted by molar-refractivity contribution is -0.167. The zero-order chi connectivity index (χ0) is 27.1. The number of anilines is 1. The summed E-state index contributed by atoms with van der Waals surface area (Å²) in [6.07, 6.45) is 5.91. The molecule has 2 aromatic rings. The van der Waals surface area contributed by atoms with Crippen LogP contribution in [0.15, 0.2) is 48.5 Å². The molecule has 7 nitrogen and oxygen atoms in total. The average molecular weight is 521 g/mol. The second kappa shape index (κ2) is 12.6. The normalized spacial score (nSPS) is 18.6. The predicted molar refractivity (Wildman–Crippen MR) is 150 cm³/mol. The number of amides is 1. The lowest BCUT2D eigenvalue weighted by atomic mass is 9.98. The van der Waals surface area contributed by atoms with Gasteiger partial charge in [-0.2, -0.15) is 0 Å². The molecular formula is C31H40N2O5. The number of nitrogens with zero attached hydrogens (tertiary/aromatic N) is 2. The Labute approximate surface area is 226 Å². The molecule has 1 atom stereocenters. The van der Waals surface area contributed by atoms with Crippen molar-refractivity contribution in [3.63, 3.8) is 0 Å². The molecule has 0 N–H and O–H groups in total. The largest absolute Gasteiger partial charge is 0.444 e. The molecule has 2 fully saturated rings. The van der Waals surface area contributed by atoms with Gasteiger partial charge in [0.05, 0.1) is 0 Å². The second-order valence-electron chi connectivity index (χ2n) is 11.0. The average Bonchev–Trinajstić information content (AvgIpc) is 2.91. The molecule has 0 aromatic heterocycles. The van der Waals surface area contributed by atoms with E-state index in [1.165, 1.54) is 0 Å². The Balaban J connectivity index is 1.30. The minimum atomic E-state index is -0.479. The summed E-state index contributed by atoms with van der Waals surface area (Å²) in [7, 11) is 0. The Morgan fingerprint density at radius 2 is 1.76 bits per heavy atom. The van der Waals surface area contributed by atoms with Crippen LogP contribution in [0.25, 0.3) is 17.2 Å². The number of carbonyl (C=O) groups excluding carboxylic acids is 2. The summed E-state index contributed by atoms with van der Waals surface area (Å²) in [6.45, 7) is 11.3. The van der Waals surface area contributed by atoms with Gasteiger partial charge in [-0.1, -0.05) is 36.4 Å². The molecule has 2 saturated heterocycles. The fourth-order valence-corrected chi connectivity index (χ4v) is 4.69. The highest BCUT2D eigenvalue weighted by atomic mass is 16.7. The molecule has 0 bridgehead atoms. The first kappa shape index (κ1) is 27.9. The monoisotopic (exact) mass is 520 g/mol. The van der Waals surface area contributed by atoms with Gasteiger partial charge in [0.25, 0.3) is 0 Å². The zero-order valence-electron chi connectivity index (χ0n) is 23.1. The van der Waals surface area contributed by atoms with E-state index in [1.54, 1.807) is 11.0 Å². The molecule has 0 saturated carbocycles. The van der Waals surface area contributed by atoms with Crippen LogP contribution in [-0.4, -0.2) is 68.1 Å². The molecule has 4 rings (SSSR count). The van der Waals surface area contributed by atoms with Gasteiger partial charge in [0.15, 0.2) is 12.1 Å². The van der Waals surface area contributed by atoms with E-state index in [2.05, 4.69) is 48.2 Å². The van der Waals surface area contributed by atoms with Crippen molar-refractivity contribution in [1.29, 1.82) is 0 Å². The quantitative estimate of drug-likeness (QED) is 0.427. The fourth-order valence-electron chi connectivity index (χ4n) is 4.69. The van der Waals surface area contributed by atoms with Crippen molar-refractivity contribution in [1.82, 2.24) is 4.90 Å². The first-order chi connectivity index (χ1) is 18.2. The number of ketones is 1. The molecule has 1 unspecified atom stereocenters. The molecule has 1 amide bonds. The first-order valence-electron chi connectivity index (χ1n) is 13.6. The topological polar surface area (TPSA) is 68.3 Å². The zero-order valence-corrected chi connectivity index (χ0v) is 23.1. The number of benzene rings is 2. The predicted octanol–water partition coefficient (Wildman–Crippen LogP) is 5.84. The molecule has 38 heavy (non-hydrogen) atoms. The highest BCUT2D eigenvalue weighted by Crippen LogP contribution is 2.28. The van der Waals surface area contributed by atoms with Gasteiger partial charge in [-0.15, -0.1) is 0 Å². The summed E-state index contributed by atoms with van der Waals surface area (Å²) in [6, 6.07) is 14.8. The van der Waals surface area contributed by atoms with E-state index in [-0.39, 0.29) is 24.8 Å². The van der Waals surface area contributed by atoms with Gasteiger partial charge in [-0.3, -0.25) is 4.79 Å². The van der Waals surface area contributed by atoms with Crippen molar-refractivity contribution in [3.05, 3.63) is 59.7 Å². The second-order valence-corrected chi connectivity index (χ2v) is 11.0. The Bertz CT molecular complexity index is 1120. The van der Waals surface area contributed by atoms with Crippen molar-refractivity contribution in [3.8, 4) is 11.1 Å². The number of ether oxygens (including phenoxy) is 3. The molecule has 2 aromatic carbocycles. The third-order valence-electron chi connectivity index (χ3n) is 6.74. The van der Waals surface area contributed by atoms with Crippen LogP contribution >= 0.6 is 0 Å². The summed E-state index contributed by atoms with van der Waals surface area (Å²) >= 11 is 0. The van der Waals surface area contributed by atoms with Crippen molar-refractivity contribution >= 4 is 23.6 Å². The minimum Gasteiger partial charge on any atom is -0.444 e. The summed E-state index contributed by atoms with van der Waals surface area (Å²) in [4.78, 5) is 28.6. The van der Waals surface area contributed by atoms with Gasteiger partial charge >= 0.3 is 6.09 Å². The highest BCUT2D eigenvalue weighted by molar-refractivity contribution is 5.94. The molecule has 2 aliphatic rings. The smallest absolute Gasteiger partial charge is 0.410 e. The lowest BCUT2D eigenvalue weighted by Crippen LogP contribution is -2.50. The maximum Gasteiger partial charge on any atom is 0.410 e. The minimum absolute atomic E-state index is 0.0423. The summed E-state index contributed by atoms with van der Waals surface area (Å²) < 4.78 is 16.6.